The summed E-state index contributed by atoms with van der Waals surface area (Å²) in [4.78, 5) is 31.0. The van der Waals surface area contributed by atoms with Crippen LogP contribution in [0.15, 0.2) is 48.6 Å². The maximum absolute atomic E-state index is 13.9. The van der Waals surface area contributed by atoms with Crippen molar-refractivity contribution in [3.05, 3.63) is 70.3 Å². The van der Waals surface area contributed by atoms with E-state index in [0.717, 1.165) is 48.6 Å². The third-order valence-corrected chi connectivity index (χ3v) is 14.1. The number of anilines is 1. The number of fused-ring (bicyclic) bond motifs is 4. The first-order valence-electron chi connectivity index (χ1n) is 17.2. The van der Waals surface area contributed by atoms with E-state index in [9.17, 15) is 13.8 Å². The molecule has 2 aliphatic carbocycles. The lowest BCUT2D eigenvalue weighted by Gasteiger charge is -2.50. The lowest BCUT2D eigenvalue weighted by atomic mass is 9.62. The highest BCUT2D eigenvalue weighted by atomic mass is 35.5. The Morgan fingerprint density at radius 1 is 1.21 bits per heavy atom. The molecule has 0 aromatic heterocycles. The summed E-state index contributed by atoms with van der Waals surface area (Å²) in [6.45, 7) is 5.82. The molecule has 1 N–H and O–H groups in total. The first-order valence-corrected chi connectivity index (χ1v) is 19.4. The standard InChI is InChI=1S/C38H50ClN3O5S/c1-25-9-7-18-38(46-5,21-35(43)41(3)4)32-14-11-29(32)22-42-23-37(17-8-10-27-19-30(39)13-15-31(27)37)24-47-34-16-12-28(20-33(34)42)36(44)40-48(6,45)26(25)2/h7,12-13,15-16,18-20,25-26,29,32H,6,8-11,14,17,21-24H2,1-5H3,(H,40,44,45)/b18-7+/t25-,26+,29-,32+,37-,38-,48?/m0/s1. The number of amides is 2. The van der Waals surface area contributed by atoms with Gasteiger partial charge in [-0.05, 0) is 111 Å². The first kappa shape index (κ1) is 34.8. The number of hydrogen-bond acceptors (Lipinski definition) is 6. The maximum Gasteiger partial charge on any atom is 0.262 e. The quantitative estimate of drug-likeness (QED) is 0.311. The summed E-state index contributed by atoms with van der Waals surface area (Å²) in [5.41, 5.74) is 2.74. The summed E-state index contributed by atoms with van der Waals surface area (Å²) >= 11 is 6.46. The molecule has 2 aliphatic heterocycles. The third kappa shape index (κ3) is 6.50. The number of ether oxygens (including phenoxy) is 2. The van der Waals surface area contributed by atoms with Crippen LogP contribution in [0.3, 0.4) is 0 Å². The van der Waals surface area contributed by atoms with E-state index in [1.807, 2.05) is 32.0 Å². The van der Waals surface area contributed by atoms with Gasteiger partial charge in [-0.25, -0.2) is 4.21 Å². The number of nitrogens with zero attached hydrogens (tertiary/aromatic N) is 2. The van der Waals surface area contributed by atoms with Gasteiger partial charge in [-0.3, -0.25) is 14.3 Å². The van der Waals surface area contributed by atoms with Gasteiger partial charge in [-0.2, -0.15) is 0 Å². The Hall–Kier alpha value is -3.01. The van der Waals surface area contributed by atoms with Gasteiger partial charge in [-0.1, -0.05) is 36.7 Å². The van der Waals surface area contributed by atoms with Crippen molar-refractivity contribution >= 4 is 44.7 Å². The number of hydrogen-bond donors (Lipinski definition) is 1. The highest BCUT2D eigenvalue weighted by molar-refractivity contribution is 7.99. The van der Waals surface area contributed by atoms with Gasteiger partial charge < -0.3 is 19.3 Å². The van der Waals surface area contributed by atoms with Gasteiger partial charge >= 0.3 is 0 Å². The Morgan fingerprint density at radius 3 is 2.71 bits per heavy atom. The van der Waals surface area contributed by atoms with Crippen molar-refractivity contribution in [3.63, 3.8) is 0 Å². The van der Waals surface area contributed by atoms with Gasteiger partial charge in [0, 0.05) is 55.5 Å². The van der Waals surface area contributed by atoms with E-state index in [1.54, 1.807) is 32.2 Å². The van der Waals surface area contributed by atoms with Crippen LogP contribution in [0.4, 0.5) is 5.69 Å². The molecule has 1 saturated carbocycles. The van der Waals surface area contributed by atoms with Crippen LogP contribution in [0, 0.1) is 17.8 Å². The zero-order valence-electron chi connectivity index (χ0n) is 28.9. The average molecular weight is 696 g/mol. The monoisotopic (exact) mass is 695 g/mol. The molecule has 1 spiro atoms. The molecule has 4 aliphatic rings. The molecule has 2 bridgehead atoms. The van der Waals surface area contributed by atoms with E-state index in [2.05, 4.69) is 39.8 Å². The summed E-state index contributed by atoms with van der Waals surface area (Å²) in [5.74, 6) is 4.63. The summed E-state index contributed by atoms with van der Waals surface area (Å²) in [5, 5.41) is 0.347. The second kappa shape index (κ2) is 13.4. The van der Waals surface area contributed by atoms with Gasteiger partial charge in [0.05, 0.1) is 34.0 Å². The topological polar surface area (TPSA) is 88.2 Å². The van der Waals surface area contributed by atoms with Gasteiger partial charge in [0.15, 0.2) is 0 Å². The fourth-order valence-electron chi connectivity index (χ4n) is 8.33. The Bertz CT molecular complexity index is 1710. The molecular weight excluding hydrogens is 646 g/mol. The smallest absolute Gasteiger partial charge is 0.262 e. The average Bonchev–Trinajstić information content (AvgIpc) is 3.18. The molecule has 2 heterocycles. The molecule has 7 atom stereocenters. The Kier molecular flexibility index (Phi) is 9.70. The SMILES string of the molecule is C=S1(=O)NC(=O)c2ccc3c(c2)N(C[C@@H]2CC[C@H]2[C@](CC(=O)N(C)C)(OC)/C=C/C[C@H](C)[C@H]1C)C[C@@]1(CCCc2cc(Cl)ccc21)CO3. The minimum Gasteiger partial charge on any atom is -0.490 e. The van der Waals surface area contributed by atoms with Crippen molar-refractivity contribution in [3.8, 4) is 5.75 Å². The number of halogens is 1. The van der Waals surface area contributed by atoms with Crippen LogP contribution in [-0.4, -0.2) is 78.5 Å². The van der Waals surface area contributed by atoms with E-state index in [0.29, 0.717) is 31.7 Å². The molecular formula is C38H50ClN3O5S. The number of rotatable bonds is 3. The fourth-order valence-corrected chi connectivity index (χ4v) is 10.0. The van der Waals surface area contributed by atoms with E-state index in [4.69, 9.17) is 21.1 Å². The maximum atomic E-state index is 13.9. The molecule has 2 amide bonds. The minimum atomic E-state index is -2.99. The Morgan fingerprint density at radius 2 is 2.00 bits per heavy atom. The molecule has 8 nitrogen and oxygen atoms in total. The van der Waals surface area contributed by atoms with Crippen LogP contribution in [0.25, 0.3) is 0 Å². The third-order valence-electron chi connectivity index (χ3n) is 11.7. The molecule has 2 aromatic rings. The molecule has 48 heavy (non-hydrogen) atoms. The van der Waals surface area contributed by atoms with Gasteiger partial charge in [-0.15, -0.1) is 0 Å². The Balaban J connectivity index is 1.47. The van der Waals surface area contributed by atoms with Crippen LogP contribution in [0.1, 0.15) is 73.9 Å². The number of carbonyl (C=O) groups is 2. The molecule has 1 unspecified atom stereocenters. The minimum absolute atomic E-state index is 0.0149. The zero-order valence-corrected chi connectivity index (χ0v) is 30.5. The number of aryl methyl sites for hydroxylation is 1. The van der Waals surface area contributed by atoms with Crippen LogP contribution in [0.5, 0.6) is 5.75 Å². The van der Waals surface area contributed by atoms with Crippen molar-refractivity contribution in [2.24, 2.45) is 17.8 Å². The summed E-state index contributed by atoms with van der Waals surface area (Å²) < 4.78 is 29.7. The van der Waals surface area contributed by atoms with Crippen LogP contribution in [-0.2, 0) is 31.1 Å². The van der Waals surface area contributed by atoms with Crippen molar-refractivity contribution in [2.45, 2.75) is 75.1 Å². The van der Waals surface area contributed by atoms with Gasteiger partial charge in [0.1, 0.15) is 5.75 Å². The second-order valence-electron chi connectivity index (χ2n) is 14.8. The van der Waals surface area contributed by atoms with E-state index in [1.165, 1.54) is 11.1 Å². The highest BCUT2D eigenvalue weighted by Crippen LogP contribution is 2.50. The van der Waals surface area contributed by atoms with Crippen LogP contribution < -0.4 is 14.4 Å². The number of methoxy groups -OCH3 is 1. The number of carbonyl (C=O) groups excluding carboxylic acids is 2. The van der Waals surface area contributed by atoms with E-state index in [-0.39, 0.29) is 35.5 Å². The lowest BCUT2D eigenvalue weighted by Crippen LogP contribution is -2.54. The normalized spacial score (nSPS) is 34.0. The summed E-state index contributed by atoms with van der Waals surface area (Å²) in [6, 6.07) is 11.7. The molecule has 0 radical (unpaired) electrons. The van der Waals surface area contributed by atoms with Gasteiger partial charge in [0.25, 0.3) is 5.91 Å². The van der Waals surface area contributed by atoms with Gasteiger partial charge in [0.2, 0.25) is 5.91 Å². The summed E-state index contributed by atoms with van der Waals surface area (Å²) in [7, 11) is 2.29. The predicted molar refractivity (Wildman–Crippen MR) is 195 cm³/mol. The molecule has 6 rings (SSSR count). The number of benzene rings is 2. The zero-order chi connectivity index (χ0) is 34.4. The van der Waals surface area contributed by atoms with Crippen molar-refractivity contribution in [2.75, 3.05) is 45.8 Å². The number of nitrogens with one attached hydrogen (secondary N) is 1. The van der Waals surface area contributed by atoms with Crippen molar-refractivity contribution in [1.82, 2.24) is 9.62 Å². The highest BCUT2D eigenvalue weighted by Gasteiger charge is 2.50. The molecule has 260 valence electrons. The van der Waals surface area contributed by atoms with E-state index < -0.39 is 26.5 Å². The summed E-state index contributed by atoms with van der Waals surface area (Å²) in [6.07, 6.45) is 9.92. The predicted octanol–water partition coefficient (Wildman–Crippen LogP) is 6.05. The van der Waals surface area contributed by atoms with Crippen LogP contribution >= 0.6 is 11.6 Å². The van der Waals surface area contributed by atoms with Crippen molar-refractivity contribution in [1.29, 1.82) is 0 Å². The Labute approximate surface area is 291 Å². The second-order valence-corrected chi connectivity index (χ2v) is 17.7. The van der Waals surface area contributed by atoms with E-state index >= 15 is 0 Å². The number of allylic oxidation sites excluding steroid dienone is 1. The van der Waals surface area contributed by atoms with Crippen molar-refractivity contribution < 1.29 is 23.3 Å². The fraction of sp³-hybridized carbons (Fsp3) is 0.553. The molecule has 1 fully saturated rings. The molecule has 10 heteroatoms. The molecule has 0 saturated heterocycles. The molecule has 2 aromatic carbocycles. The lowest BCUT2D eigenvalue weighted by molar-refractivity contribution is -0.140. The first-order chi connectivity index (χ1) is 22.8. The largest absolute Gasteiger partial charge is 0.490 e. The van der Waals surface area contributed by atoms with Crippen LogP contribution in [0.2, 0.25) is 5.02 Å².